The molecule has 2 N–H and O–H groups in total. The van der Waals surface area contributed by atoms with Crippen molar-refractivity contribution < 1.29 is 10.2 Å². The molecule has 0 amide bonds. The molecule has 106 valence electrons. The number of rotatable bonds is 5. The molecule has 0 aliphatic heterocycles. The first-order chi connectivity index (χ1) is 9.56. The van der Waals surface area contributed by atoms with E-state index in [1.54, 1.807) is 0 Å². The van der Waals surface area contributed by atoms with Gasteiger partial charge in [-0.2, -0.15) is 0 Å². The SMILES string of the molecule is O[C@@H](CC[C@H](O)c1ccc(Br)cc1)c1ccc(Br)cc1. The predicted octanol–water partition coefficient (Wildman–Crippen LogP) is 4.76. The van der Waals surface area contributed by atoms with Gasteiger partial charge in [-0.3, -0.25) is 0 Å². The first-order valence-electron chi connectivity index (χ1n) is 6.43. The summed E-state index contributed by atoms with van der Waals surface area (Å²) in [5, 5.41) is 20.2. The molecule has 0 spiro atoms. The third kappa shape index (κ3) is 4.42. The smallest absolute Gasteiger partial charge is 0.0791 e. The van der Waals surface area contributed by atoms with Gasteiger partial charge in [0.2, 0.25) is 0 Å². The highest BCUT2D eigenvalue weighted by Crippen LogP contribution is 2.26. The zero-order chi connectivity index (χ0) is 14.5. The van der Waals surface area contributed by atoms with Gasteiger partial charge in [0.15, 0.2) is 0 Å². The van der Waals surface area contributed by atoms with E-state index in [0.717, 1.165) is 20.1 Å². The summed E-state index contributed by atoms with van der Waals surface area (Å²) in [5.74, 6) is 0. The van der Waals surface area contributed by atoms with Gasteiger partial charge in [0.05, 0.1) is 12.2 Å². The van der Waals surface area contributed by atoms with Gasteiger partial charge in [0.1, 0.15) is 0 Å². The molecule has 0 unspecified atom stereocenters. The maximum Gasteiger partial charge on any atom is 0.0791 e. The number of benzene rings is 2. The van der Waals surface area contributed by atoms with Crippen LogP contribution in [0.2, 0.25) is 0 Å². The Balaban J connectivity index is 1.91. The van der Waals surface area contributed by atoms with E-state index < -0.39 is 12.2 Å². The van der Waals surface area contributed by atoms with Gasteiger partial charge in [0.25, 0.3) is 0 Å². The van der Waals surface area contributed by atoms with Crippen molar-refractivity contribution in [2.24, 2.45) is 0 Å². The minimum atomic E-state index is -0.548. The van der Waals surface area contributed by atoms with Gasteiger partial charge < -0.3 is 10.2 Å². The minimum Gasteiger partial charge on any atom is -0.388 e. The Bertz CT molecular complexity index is 486. The fourth-order valence-electron chi connectivity index (χ4n) is 2.02. The van der Waals surface area contributed by atoms with E-state index in [-0.39, 0.29) is 0 Å². The van der Waals surface area contributed by atoms with Crippen LogP contribution in [0, 0.1) is 0 Å². The number of aliphatic hydroxyl groups excluding tert-OH is 2. The highest BCUT2D eigenvalue weighted by atomic mass is 79.9. The topological polar surface area (TPSA) is 40.5 Å². The van der Waals surface area contributed by atoms with Crippen molar-refractivity contribution in [3.63, 3.8) is 0 Å². The molecule has 0 aliphatic carbocycles. The molecule has 0 saturated heterocycles. The first kappa shape index (κ1) is 15.7. The van der Waals surface area contributed by atoms with E-state index in [4.69, 9.17) is 0 Å². The Morgan fingerprint density at radius 1 is 0.650 bits per heavy atom. The van der Waals surface area contributed by atoms with Gasteiger partial charge in [-0.1, -0.05) is 56.1 Å². The van der Waals surface area contributed by atoms with Crippen LogP contribution in [-0.2, 0) is 0 Å². The highest BCUT2D eigenvalue weighted by Gasteiger charge is 2.12. The first-order valence-corrected chi connectivity index (χ1v) is 8.02. The molecule has 2 rings (SSSR count). The molecule has 0 aliphatic rings. The Kier molecular flexibility index (Phi) is 5.78. The van der Waals surface area contributed by atoms with Crippen LogP contribution in [0.4, 0.5) is 0 Å². The average molecular weight is 400 g/mol. The Labute approximate surface area is 135 Å². The monoisotopic (exact) mass is 398 g/mol. The van der Waals surface area contributed by atoms with Gasteiger partial charge in [-0.25, -0.2) is 0 Å². The number of hydrogen-bond acceptors (Lipinski definition) is 2. The van der Waals surface area contributed by atoms with Crippen LogP contribution in [0.1, 0.15) is 36.2 Å². The van der Waals surface area contributed by atoms with Crippen LogP contribution in [0.15, 0.2) is 57.5 Å². The lowest BCUT2D eigenvalue weighted by atomic mass is 9.99. The summed E-state index contributed by atoms with van der Waals surface area (Å²) in [6.45, 7) is 0. The fourth-order valence-corrected chi connectivity index (χ4v) is 2.55. The molecule has 0 bridgehead atoms. The second kappa shape index (κ2) is 7.36. The standard InChI is InChI=1S/C16H16Br2O2/c17-13-5-1-11(2-6-13)15(19)9-10-16(20)12-3-7-14(18)8-4-12/h1-8,15-16,19-20H,9-10H2/t15-,16-/m0/s1. The summed E-state index contributed by atoms with van der Waals surface area (Å²) in [4.78, 5) is 0. The van der Waals surface area contributed by atoms with Crippen LogP contribution in [0.3, 0.4) is 0 Å². The van der Waals surface area contributed by atoms with Gasteiger partial charge in [0, 0.05) is 8.95 Å². The van der Waals surface area contributed by atoms with Crippen molar-refractivity contribution in [2.45, 2.75) is 25.0 Å². The van der Waals surface area contributed by atoms with Crippen molar-refractivity contribution in [1.82, 2.24) is 0 Å². The lowest BCUT2D eigenvalue weighted by Crippen LogP contribution is -2.03. The van der Waals surface area contributed by atoms with Crippen molar-refractivity contribution in [2.75, 3.05) is 0 Å². The maximum atomic E-state index is 10.1. The maximum absolute atomic E-state index is 10.1. The number of halogens is 2. The van der Waals surface area contributed by atoms with E-state index >= 15 is 0 Å². The molecule has 4 heteroatoms. The van der Waals surface area contributed by atoms with Crippen LogP contribution in [-0.4, -0.2) is 10.2 Å². The van der Waals surface area contributed by atoms with E-state index in [1.165, 1.54) is 0 Å². The fraction of sp³-hybridized carbons (Fsp3) is 0.250. The summed E-state index contributed by atoms with van der Waals surface area (Å²) in [5.41, 5.74) is 1.74. The van der Waals surface area contributed by atoms with E-state index in [0.29, 0.717) is 12.8 Å². The summed E-state index contributed by atoms with van der Waals surface area (Å²) in [6, 6.07) is 15.2. The van der Waals surface area contributed by atoms with Crippen molar-refractivity contribution in [3.05, 3.63) is 68.6 Å². The molecule has 2 aromatic rings. The second-order valence-electron chi connectivity index (χ2n) is 4.71. The quantitative estimate of drug-likeness (QED) is 0.760. The van der Waals surface area contributed by atoms with E-state index in [9.17, 15) is 10.2 Å². The molecule has 0 aromatic heterocycles. The molecule has 0 saturated carbocycles. The molecular weight excluding hydrogens is 384 g/mol. The molecule has 2 nitrogen and oxygen atoms in total. The second-order valence-corrected chi connectivity index (χ2v) is 6.54. The zero-order valence-electron chi connectivity index (χ0n) is 10.8. The van der Waals surface area contributed by atoms with Gasteiger partial charge in [-0.15, -0.1) is 0 Å². The van der Waals surface area contributed by atoms with E-state index in [1.807, 2.05) is 48.5 Å². The zero-order valence-corrected chi connectivity index (χ0v) is 14.0. The third-order valence-corrected chi connectivity index (χ3v) is 4.28. The highest BCUT2D eigenvalue weighted by molar-refractivity contribution is 9.10. The Morgan fingerprint density at radius 2 is 0.950 bits per heavy atom. The molecule has 0 heterocycles. The van der Waals surface area contributed by atoms with Crippen LogP contribution < -0.4 is 0 Å². The third-order valence-electron chi connectivity index (χ3n) is 3.22. The van der Waals surface area contributed by atoms with E-state index in [2.05, 4.69) is 31.9 Å². The Morgan fingerprint density at radius 3 is 1.25 bits per heavy atom. The van der Waals surface area contributed by atoms with Crippen molar-refractivity contribution in [1.29, 1.82) is 0 Å². The lowest BCUT2D eigenvalue weighted by Gasteiger charge is -2.15. The summed E-state index contributed by atoms with van der Waals surface area (Å²) in [7, 11) is 0. The lowest BCUT2D eigenvalue weighted by molar-refractivity contribution is 0.115. The molecular formula is C16H16Br2O2. The molecule has 0 radical (unpaired) electrons. The average Bonchev–Trinajstić information content (AvgIpc) is 2.46. The summed E-state index contributed by atoms with van der Waals surface area (Å²) in [6.07, 6.45) is -0.0426. The van der Waals surface area contributed by atoms with Crippen molar-refractivity contribution in [3.8, 4) is 0 Å². The van der Waals surface area contributed by atoms with Gasteiger partial charge in [-0.05, 0) is 48.2 Å². The molecule has 20 heavy (non-hydrogen) atoms. The largest absolute Gasteiger partial charge is 0.388 e. The van der Waals surface area contributed by atoms with Crippen molar-refractivity contribution >= 4 is 31.9 Å². The Hall–Kier alpha value is -0.680. The molecule has 2 atom stereocenters. The molecule has 0 fully saturated rings. The summed E-state index contributed by atoms with van der Waals surface area (Å²) < 4.78 is 1.98. The van der Waals surface area contributed by atoms with Crippen LogP contribution >= 0.6 is 31.9 Å². The van der Waals surface area contributed by atoms with Crippen LogP contribution in [0.25, 0.3) is 0 Å². The summed E-state index contributed by atoms with van der Waals surface area (Å²) >= 11 is 6.74. The predicted molar refractivity (Wildman–Crippen MR) is 87.4 cm³/mol. The van der Waals surface area contributed by atoms with Crippen LogP contribution in [0.5, 0.6) is 0 Å². The number of hydrogen-bond donors (Lipinski definition) is 2. The number of aliphatic hydroxyl groups is 2. The minimum absolute atomic E-state index is 0.527. The normalized spacial score (nSPS) is 14.0. The molecule has 2 aromatic carbocycles. The van der Waals surface area contributed by atoms with Gasteiger partial charge >= 0.3 is 0 Å².